The van der Waals surface area contributed by atoms with Gasteiger partial charge in [-0.15, -0.1) is 10.2 Å². The van der Waals surface area contributed by atoms with Gasteiger partial charge >= 0.3 is 0 Å². The fourth-order valence-corrected chi connectivity index (χ4v) is 2.16. The van der Waals surface area contributed by atoms with Gasteiger partial charge in [-0.1, -0.05) is 51.1 Å². The van der Waals surface area contributed by atoms with Gasteiger partial charge in [-0.05, 0) is 17.0 Å². The van der Waals surface area contributed by atoms with E-state index in [0.29, 0.717) is 12.4 Å². The van der Waals surface area contributed by atoms with Gasteiger partial charge in [0.2, 0.25) is 11.7 Å². The van der Waals surface area contributed by atoms with Crippen LogP contribution in [0.4, 0.5) is 0 Å². The predicted octanol–water partition coefficient (Wildman–Crippen LogP) is 1.28. The molecule has 2 aromatic rings. The molecule has 0 bridgehead atoms. The van der Waals surface area contributed by atoms with Gasteiger partial charge in [0.15, 0.2) is 6.04 Å². The number of rotatable bonds is 7. The smallest absolute Gasteiger partial charge is 0.247 e. The number of carbonyl (C=O) groups excluding carboxylic acids is 1. The normalized spacial score (nSPS) is 13.8. The molecule has 0 saturated heterocycles. The molecule has 124 valence electrons. The van der Waals surface area contributed by atoms with Gasteiger partial charge in [-0.3, -0.25) is 4.79 Å². The number of aliphatic hydroxyl groups is 1. The average molecular weight is 317 g/mol. The summed E-state index contributed by atoms with van der Waals surface area (Å²) >= 11 is 0. The van der Waals surface area contributed by atoms with E-state index in [9.17, 15) is 4.79 Å². The van der Waals surface area contributed by atoms with Crippen molar-refractivity contribution in [3.8, 4) is 11.4 Å². The molecule has 1 amide bonds. The topological polar surface area (TPSA) is 92.9 Å². The molecule has 2 rings (SSSR count). The van der Waals surface area contributed by atoms with Crippen molar-refractivity contribution in [2.45, 2.75) is 26.8 Å². The number of carbonyl (C=O) groups is 1. The van der Waals surface area contributed by atoms with Crippen LogP contribution in [0.5, 0.6) is 0 Å². The Hall–Kier alpha value is -2.28. The zero-order chi connectivity index (χ0) is 16.8. The number of amides is 1. The molecule has 2 N–H and O–H groups in total. The Kier molecular flexibility index (Phi) is 5.81. The lowest BCUT2D eigenvalue weighted by molar-refractivity contribution is -0.126. The van der Waals surface area contributed by atoms with Gasteiger partial charge in [-0.25, -0.2) is 0 Å². The van der Waals surface area contributed by atoms with E-state index in [1.54, 1.807) is 0 Å². The largest absolute Gasteiger partial charge is 0.396 e. The van der Waals surface area contributed by atoms with Crippen molar-refractivity contribution in [2.75, 3.05) is 13.2 Å². The third-order valence-corrected chi connectivity index (χ3v) is 3.55. The van der Waals surface area contributed by atoms with E-state index in [4.69, 9.17) is 5.11 Å². The van der Waals surface area contributed by atoms with Gasteiger partial charge < -0.3 is 10.4 Å². The molecule has 1 aromatic carbocycles. The van der Waals surface area contributed by atoms with Crippen LogP contribution in [-0.4, -0.2) is 44.4 Å². The minimum absolute atomic E-state index is 0.00958. The lowest BCUT2D eigenvalue weighted by Crippen LogP contribution is -2.39. The molecule has 0 spiro atoms. The van der Waals surface area contributed by atoms with E-state index >= 15 is 0 Å². The minimum atomic E-state index is -0.536. The molecule has 1 heterocycles. The number of nitrogens with one attached hydrogen (secondary N) is 1. The molecular formula is C16H23N5O2. The third-order valence-electron chi connectivity index (χ3n) is 3.55. The predicted molar refractivity (Wildman–Crippen MR) is 86.4 cm³/mol. The fourth-order valence-electron chi connectivity index (χ4n) is 2.16. The second-order valence-corrected chi connectivity index (χ2v) is 6.02. The molecule has 0 saturated carbocycles. The highest BCUT2D eigenvalue weighted by molar-refractivity contribution is 5.80. The van der Waals surface area contributed by atoms with Gasteiger partial charge in [0.05, 0.1) is 0 Å². The standard InChI is InChI=1S/C16H23N5O2/c1-11(2)14(16(23)17-9-12(3)10-22)21-19-15(18-20-21)13-7-5-4-6-8-13/h4-8,11-12,14,22H,9-10H2,1-3H3,(H,17,23). The molecule has 0 aliphatic heterocycles. The quantitative estimate of drug-likeness (QED) is 0.802. The Morgan fingerprint density at radius 1 is 1.26 bits per heavy atom. The van der Waals surface area contributed by atoms with Gasteiger partial charge in [0.25, 0.3) is 0 Å². The van der Waals surface area contributed by atoms with Crippen LogP contribution in [0.25, 0.3) is 11.4 Å². The molecule has 7 heteroatoms. The van der Waals surface area contributed by atoms with E-state index < -0.39 is 6.04 Å². The summed E-state index contributed by atoms with van der Waals surface area (Å²) in [5.74, 6) is 0.345. The van der Waals surface area contributed by atoms with Crippen molar-refractivity contribution >= 4 is 5.91 Å². The first-order valence-corrected chi connectivity index (χ1v) is 7.76. The molecule has 1 aromatic heterocycles. The number of hydrogen-bond donors (Lipinski definition) is 2. The molecule has 0 aliphatic carbocycles. The second kappa shape index (κ2) is 7.82. The maximum Gasteiger partial charge on any atom is 0.247 e. The summed E-state index contributed by atoms with van der Waals surface area (Å²) in [6, 6.07) is 8.98. The van der Waals surface area contributed by atoms with E-state index in [1.807, 2.05) is 51.1 Å². The molecule has 2 atom stereocenters. The molecule has 2 unspecified atom stereocenters. The van der Waals surface area contributed by atoms with Crippen molar-refractivity contribution < 1.29 is 9.90 Å². The van der Waals surface area contributed by atoms with Gasteiger partial charge in [0, 0.05) is 18.7 Å². The third kappa shape index (κ3) is 4.35. The lowest BCUT2D eigenvalue weighted by Gasteiger charge is -2.19. The average Bonchev–Trinajstić information content (AvgIpc) is 3.02. The summed E-state index contributed by atoms with van der Waals surface area (Å²) < 4.78 is 0. The number of nitrogens with zero attached hydrogens (tertiary/aromatic N) is 4. The summed E-state index contributed by atoms with van der Waals surface area (Å²) in [6.45, 7) is 6.19. The van der Waals surface area contributed by atoms with Crippen molar-refractivity contribution in [2.24, 2.45) is 11.8 Å². The molecule has 0 fully saturated rings. The number of hydrogen-bond acceptors (Lipinski definition) is 5. The summed E-state index contributed by atoms with van der Waals surface area (Å²) in [5.41, 5.74) is 0.857. The lowest BCUT2D eigenvalue weighted by atomic mass is 10.0. The number of aliphatic hydroxyl groups excluding tert-OH is 1. The van der Waals surface area contributed by atoms with Crippen LogP contribution in [0.3, 0.4) is 0 Å². The Morgan fingerprint density at radius 2 is 1.96 bits per heavy atom. The summed E-state index contributed by atoms with van der Waals surface area (Å²) in [5, 5.41) is 24.3. The number of tetrazole rings is 1. The van der Waals surface area contributed by atoms with Crippen molar-refractivity contribution in [3.63, 3.8) is 0 Å². The Bertz CT molecular complexity index is 626. The maximum atomic E-state index is 12.4. The van der Waals surface area contributed by atoms with Crippen LogP contribution in [0.15, 0.2) is 30.3 Å². The highest BCUT2D eigenvalue weighted by Gasteiger charge is 2.27. The highest BCUT2D eigenvalue weighted by atomic mass is 16.3. The highest BCUT2D eigenvalue weighted by Crippen LogP contribution is 2.18. The summed E-state index contributed by atoms with van der Waals surface area (Å²) in [7, 11) is 0. The molecule has 23 heavy (non-hydrogen) atoms. The first kappa shape index (κ1) is 17.1. The Morgan fingerprint density at radius 3 is 2.57 bits per heavy atom. The number of aromatic nitrogens is 4. The van der Waals surface area contributed by atoms with Gasteiger partial charge in [0.1, 0.15) is 0 Å². The minimum Gasteiger partial charge on any atom is -0.396 e. The van der Waals surface area contributed by atoms with Crippen LogP contribution in [0.1, 0.15) is 26.8 Å². The second-order valence-electron chi connectivity index (χ2n) is 6.02. The Balaban J connectivity index is 2.15. The first-order chi connectivity index (χ1) is 11.0. The van der Waals surface area contributed by atoms with Crippen LogP contribution in [-0.2, 0) is 4.79 Å². The zero-order valence-electron chi connectivity index (χ0n) is 13.7. The Labute approximate surface area is 135 Å². The summed E-state index contributed by atoms with van der Waals surface area (Å²) in [4.78, 5) is 13.8. The monoisotopic (exact) mass is 317 g/mol. The summed E-state index contributed by atoms with van der Waals surface area (Å²) in [6.07, 6.45) is 0. The maximum absolute atomic E-state index is 12.4. The van der Waals surface area contributed by atoms with Crippen LogP contribution >= 0.6 is 0 Å². The molecule has 0 aliphatic rings. The molecule has 0 radical (unpaired) electrons. The molecule has 7 nitrogen and oxygen atoms in total. The molecular weight excluding hydrogens is 294 g/mol. The SMILES string of the molecule is CC(CO)CNC(=O)C(C(C)C)n1nnc(-c2ccccc2)n1. The zero-order valence-corrected chi connectivity index (χ0v) is 13.7. The van der Waals surface area contributed by atoms with E-state index in [-0.39, 0.29) is 24.3 Å². The number of benzene rings is 1. The van der Waals surface area contributed by atoms with Gasteiger partial charge in [-0.2, -0.15) is 4.80 Å². The van der Waals surface area contributed by atoms with Crippen molar-refractivity contribution in [1.29, 1.82) is 0 Å². The van der Waals surface area contributed by atoms with Crippen molar-refractivity contribution in [1.82, 2.24) is 25.5 Å². The van der Waals surface area contributed by atoms with Crippen LogP contribution in [0.2, 0.25) is 0 Å². The first-order valence-electron chi connectivity index (χ1n) is 7.76. The van der Waals surface area contributed by atoms with E-state index in [2.05, 4.69) is 20.7 Å². The van der Waals surface area contributed by atoms with Crippen molar-refractivity contribution in [3.05, 3.63) is 30.3 Å². The fraction of sp³-hybridized carbons (Fsp3) is 0.500. The van der Waals surface area contributed by atoms with E-state index in [1.165, 1.54) is 4.80 Å². The van der Waals surface area contributed by atoms with E-state index in [0.717, 1.165) is 5.56 Å². The van der Waals surface area contributed by atoms with Crippen LogP contribution in [0, 0.1) is 11.8 Å². The van der Waals surface area contributed by atoms with Crippen LogP contribution < -0.4 is 5.32 Å².